The molecule has 0 aromatic heterocycles. The van der Waals surface area contributed by atoms with Crippen molar-refractivity contribution in [2.75, 3.05) is 26.2 Å². The Labute approximate surface area is 107 Å². The number of amides is 2. The monoisotopic (exact) mass is 258 g/mol. The topological polar surface area (TPSA) is 78.9 Å². The molecule has 0 bridgehead atoms. The van der Waals surface area contributed by atoms with Crippen molar-refractivity contribution in [1.82, 2.24) is 10.2 Å². The molecule has 1 aliphatic rings. The molecular weight excluding hydrogens is 236 g/mol. The van der Waals surface area contributed by atoms with Gasteiger partial charge in [0, 0.05) is 26.2 Å². The molecule has 0 saturated carbocycles. The van der Waals surface area contributed by atoms with Crippen LogP contribution in [-0.4, -0.2) is 54.4 Å². The first kappa shape index (κ1) is 14.8. The highest BCUT2D eigenvalue weighted by molar-refractivity contribution is 5.75. The fourth-order valence-corrected chi connectivity index (χ4v) is 1.77. The molecule has 1 aliphatic heterocycles. The predicted octanol–water partition coefficient (Wildman–Crippen LogP) is 0.918. The van der Waals surface area contributed by atoms with Gasteiger partial charge in [0.05, 0.1) is 12.5 Å². The van der Waals surface area contributed by atoms with Gasteiger partial charge in [0.25, 0.3) is 0 Å². The highest BCUT2D eigenvalue weighted by atomic mass is 16.5. The van der Waals surface area contributed by atoms with Gasteiger partial charge in [-0.05, 0) is 12.3 Å². The summed E-state index contributed by atoms with van der Waals surface area (Å²) in [6.45, 7) is 6.31. The van der Waals surface area contributed by atoms with Crippen molar-refractivity contribution in [3.8, 4) is 0 Å². The van der Waals surface area contributed by atoms with Crippen molar-refractivity contribution in [2.45, 2.75) is 32.8 Å². The first-order valence-electron chi connectivity index (χ1n) is 6.35. The fourth-order valence-electron chi connectivity index (χ4n) is 1.77. The Bertz CT molecular complexity index is 294. The molecule has 6 nitrogen and oxygen atoms in total. The van der Waals surface area contributed by atoms with Crippen LogP contribution in [0.3, 0.4) is 0 Å². The van der Waals surface area contributed by atoms with Gasteiger partial charge in [-0.15, -0.1) is 0 Å². The molecule has 104 valence electrons. The predicted molar refractivity (Wildman–Crippen MR) is 66.4 cm³/mol. The normalized spacial score (nSPS) is 19.3. The number of urea groups is 1. The number of rotatable bonds is 6. The van der Waals surface area contributed by atoms with Crippen LogP contribution in [-0.2, 0) is 9.53 Å². The number of likely N-dealkylation sites (tertiary alicyclic amines) is 1. The van der Waals surface area contributed by atoms with Gasteiger partial charge in [0.2, 0.25) is 0 Å². The zero-order valence-corrected chi connectivity index (χ0v) is 11.0. The Morgan fingerprint density at radius 2 is 2.22 bits per heavy atom. The van der Waals surface area contributed by atoms with Gasteiger partial charge in [-0.1, -0.05) is 13.8 Å². The Morgan fingerprint density at radius 3 is 2.83 bits per heavy atom. The third-order valence-electron chi connectivity index (χ3n) is 2.71. The Hall–Kier alpha value is -1.30. The van der Waals surface area contributed by atoms with Crippen molar-refractivity contribution < 1.29 is 19.4 Å². The van der Waals surface area contributed by atoms with Crippen LogP contribution >= 0.6 is 0 Å². The van der Waals surface area contributed by atoms with Crippen LogP contribution < -0.4 is 5.32 Å². The third-order valence-corrected chi connectivity index (χ3v) is 2.71. The van der Waals surface area contributed by atoms with E-state index in [1.807, 2.05) is 0 Å². The van der Waals surface area contributed by atoms with Crippen LogP contribution in [0.1, 0.15) is 26.7 Å². The molecular formula is C12H22N2O4. The van der Waals surface area contributed by atoms with E-state index in [9.17, 15) is 9.59 Å². The maximum absolute atomic E-state index is 11.7. The largest absolute Gasteiger partial charge is 0.481 e. The average molecular weight is 258 g/mol. The van der Waals surface area contributed by atoms with Crippen molar-refractivity contribution in [1.29, 1.82) is 0 Å². The van der Waals surface area contributed by atoms with Gasteiger partial charge < -0.3 is 20.1 Å². The molecule has 0 radical (unpaired) electrons. The number of nitrogens with zero attached hydrogens (tertiary/aromatic N) is 1. The number of ether oxygens (including phenoxy) is 1. The number of hydrogen-bond donors (Lipinski definition) is 2. The van der Waals surface area contributed by atoms with E-state index in [0.717, 1.165) is 6.42 Å². The molecule has 0 aromatic rings. The highest BCUT2D eigenvalue weighted by Crippen LogP contribution is 2.13. The van der Waals surface area contributed by atoms with Gasteiger partial charge in [0.1, 0.15) is 0 Å². The van der Waals surface area contributed by atoms with Gasteiger partial charge in [-0.2, -0.15) is 0 Å². The van der Waals surface area contributed by atoms with Gasteiger partial charge in [0.15, 0.2) is 0 Å². The maximum atomic E-state index is 11.7. The van der Waals surface area contributed by atoms with Crippen molar-refractivity contribution in [3.63, 3.8) is 0 Å². The molecule has 2 amide bonds. The first-order chi connectivity index (χ1) is 8.49. The minimum Gasteiger partial charge on any atom is -0.481 e. The van der Waals surface area contributed by atoms with Gasteiger partial charge in [-0.25, -0.2) is 4.79 Å². The summed E-state index contributed by atoms with van der Waals surface area (Å²) in [4.78, 5) is 23.7. The minimum absolute atomic E-state index is 0.0488. The number of carbonyl (C=O) groups is 2. The number of aliphatic carboxylic acids is 1. The summed E-state index contributed by atoms with van der Waals surface area (Å²) in [7, 11) is 0. The van der Waals surface area contributed by atoms with E-state index in [1.54, 1.807) is 4.90 Å². The Balaban J connectivity index is 2.20. The lowest BCUT2D eigenvalue weighted by Gasteiger charge is -2.17. The number of carboxylic acid groups (broad SMARTS) is 1. The van der Waals surface area contributed by atoms with Gasteiger partial charge in [-0.3, -0.25) is 4.79 Å². The van der Waals surface area contributed by atoms with E-state index >= 15 is 0 Å². The van der Waals surface area contributed by atoms with E-state index in [1.165, 1.54) is 0 Å². The summed E-state index contributed by atoms with van der Waals surface area (Å²) in [6.07, 6.45) is 0.906. The van der Waals surface area contributed by atoms with E-state index in [-0.39, 0.29) is 25.1 Å². The van der Waals surface area contributed by atoms with Gasteiger partial charge >= 0.3 is 12.0 Å². The maximum Gasteiger partial charge on any atom is 0.317 e. The van der Waals surface area contributed by atoms with Crippen LogP contribution in [0.15, 0.2) is 0 Å². The lowest BCUT2D eigenvalue weighted by Crippen LogP contribution is -2.40. The second-order valence-corrected chi connectivity index (χ2v) is 4.96. The minimum atomic E-state index is -0.908. The van der Waals surface area contributed by atoms with E-state index in [2.05, 4.69) is 19.2 Å². The molecule has 1 atom stereocenters. The summed E-state index contributed by atoms with van der Waals surface area (Å²) in [5.74, 6) is -0.418. The fraction of sp³-hybridized carbons (Fsp3) is 0.833. The quantitative estimate of drug-likeness (QED) is 0.742. The lowest BCUT2D eigenvalue weighted by molar-refractivity contribution is -0.136. The molecule has 2 N–H and O–H groups in total. The second-order valence-electron chi connectivity index (χ2n) is 4.96. The zero-order chi connectivity index (χ0) is 13.5. The molecule has 1 heterocycles. The molecule has 1 rings (SSSR count). The van der Waals surface area contributed by atoms with Crippen LogP contribution in [0, 0.1) is 5.92 Å². The smallest absolute Gasteiger partial charge is 0.317 e. The molecule has 6 heteroatoms. The van der Waals surface area contributed by atoms with Crippen LogP contribution in [0.5, 0.6) is 0 Å². The molecule has 0 aromatic carbocycles. The second kappa shape index (κ2) is 7.20. The molecule has 1 saturated heterocycles. The first-order valence-corrected chi connectivity index (χ1v) is 6.35. The number of nitrogens with one attached hydrogen (secondary N) is 1. The number of hydrogen-bond acceptors (Lipinski definition) is 3. The van der Waals surface area contributed by atoms with Crippen molar-refractivity contribution in [2.24, 2.45) is 5.92 Å². The SMILES string of the molecule is CC(C)COC1CCN(C(=O)NCCC(=O)O)C1. The van der Waals surface area contributed by atoms with Crippen LogP contribution in [0.4, 0.5) is 4.79 Å². The average Bonchev–Trinajstić information content (AvgIpc) is 2.74. The van der Waals surface area contributed by atoms with E-state index in [0.29, 0.717) is 25.6 Å². The summed E-state index contributed by atoms with van der Waals surface area (Å²) < 4.78 is 5.67. The zero-order valence-electron chi connectivity index (χ0n) is 11.0. The molecule has 0 aliphatic carbocycles. The number of carbonyl (C=O) groups excluding carboxylic acids is 1. The lowest BCUT2D eigenvalue weighted by atomic mass is 10.2. The molecule has 0 spiro atoms. The van der Waals surface area contributed by atoms with E-state index < -0.39 is 5.97 Å². The number of carboxylic acids is 1. The van der Waals surface area contributed by atoms with Crippen molar-refractivity contribution in [3.05, 3.63) is 0 Å². The summed E-state index contributed by atoms with van der Waals surface area (Å²) in [5.41, 5.74) is 0. The van der Waals surface area contributed by atoms with E-state index in [4.69, 9.17) is 9.84 Å². The standard InChI is InChI=1S/C12H22N2O4/c1-9(2)8-18-10-4-6-14(7-10)12(17)13-5-3-11(15)16/h9-10H,3-8H2,1-2H3,(H,13,17)(H,15,16). The molecule has 18 heavy (non-hydrogen) atoms. The summed E-state index contributed by atoms with van der Waals surface area (Å²) in [6, 6.07) is -0.202. The summed E-state index contributed by atoms with van der Waals surface area (Å²) >= 11 is 0. The van der Waals surface area contributed by atoms with Crippen LogP contribution in [0.2, 0.25) is 0 Å². The Kier molecular flexibility index (Phi) is 5.91. The summed E-state index contributed by atoms with van der Waals surface area (Å²) in [5, 5.41) is 11.1. The highest BCUT2D eigenvalue weighted by Gasteiger charge is 2.26. The molecule has 1 fully saturated rings. The van der Waals surface area contributed by atoms with Crippen molar-refractivity contribution >= 4 is 12.0 Å². The molecule has 1 unspecified atom stereocenters. The van der Waals surface area contributed by atoms with Crippen LogP contribution in [0.25, 0.3) is 0 Å². The Morgan fingerprint density at radius 1 is 1.50 bits per heavy atom. The third kappa shape index (κ3) is 5.35.